The van der Waals surface area contributed by atoms with Gasteiger partial charge in [-0.2, -0.15) is 0 Å². The Kier molecular flexibility index (Phi) is 6.47. The Morgan fingerprint density at radius 1 is 1.32 bits per heavy atom. The van der Waals surface area contributed by atoms with Crippen LogP contribution in [-0.4, -0.2) is 32.6 Å². The molecule has 0 aliphatic heterocycles. The minimum Gasteiger partial charge on any atom is -0.465 e. The Balaban J connectivity index is 3.04. The molecule has 1 aromatic rings. The molecule has 1 rings (SSSR count). The summed E-state index contributed by atoms with van der Waals surface area (Å²) in [4.78, 5) is 23.4. The highest BCUT2D eigenvalue weighted by molar-refractivity contribution is 9.11. The molecule has 0 saturated heterocycles. The van der Waals surface area contributed by atoms with E-state index in [1.807, 2.05) is 0 Å². The van der Waals surface area contributed by atoms with Crippen LogP contribution in [0.3, 0.4) is 0 Å². The zero-order chi connectivity index (χ0) is 14.4. The number of hydrogen-bond acceptors (Lipinski definition) is 4. The van der Waals surface area contributed by atoms with Gasteiger partial charge in [0.25, 0.3) is 0 Å². The number of methoxy groups -OCH3 is 1. The highest BCUT2D eigenvalue weighted by atomic mass is 79.9. The van der Waals surface area contributed by atoms with E-state index in [9.17, 15) is 9.59 Å². The van der Waals surface area contributed by atoms with Gasteiger partial charge >= 0.3 is 5.97 Å². The van der Waals surface area contributed by atoms with Crippen molar-refractivity contribution < 1.29 is 14.3 Å². The number of carbonyl (C=O) groups is 2. The lowest BCUT2D eigenvalue weighted by Crippen LogP contribution is -2.20. The van der Waals surface area contributed by atoms with Gasteiger partial charge in [0.2, 0.25) is 5.91 Å². The summed E-state index contributed by atoms with van der Waals surface area (Å²) in [5.74, 6) is -0.687. The van der Waals surface area contributed by atoms with Crippen molar-refractivity contribution in [3.63, 3.8) is 0 Å². The standard InChI is InChI=1S/C12H14Br2N2O3/c1-15-4-3-10(17)16-11-8(12(18)19-2)5-7(13)6-9(11)14/h5-6,15H,3-4H2,1-2H3,(H,16,17). The molecule has 0 bridgehead atoms. The van der Waals surface area contributed by atoms with Crippen LogP contribution in [0.4, 0.5) is 5.69 Å². The Hall–Kier alpha value is -0.920. The number of carbonyl (C=O) groups excluding carboxylic acids is 2. The smallest absolute Gasteiger partial charge is 0.340 e. The molecule has 1 amide bonds. The van der Waals surface area contributed by atoms with E-state index in [0.29, 0.717) is 33.2 Å². The minimum absolute atomic E-state index is 0.178. The number of esters is 1. The second kappa shape index (κ2) is 7.62. The fraction of sp³-hybridized carbons (Fsp3) is 0.333. The van der Waals surface area contributed by atoms with E-state index in [2.05, 4.69) is 42.5 Å². The molecular weight excluding hydrogens is 380 g/mol. The number of hydrogen-bond donors (Lipinski definition) is 2. The topological polar surface area (TPSA) is 67.4 Å². The van der Waals surface area contributed by atoms with Crippen LogP contribution in [-0.2, 0) is 9.53 Å². The van der Waals surface area contributed by atoms with E-state index in [1.54, 1.807) is 19.2 Å². The van der Waals surface area contributed by atoms with Crippen molar-refractivity contribution in [2.45, 2.75) is 6.42 Å². The van der Waals surface area contributed by atoms with Crippen LogP contribution in [0.5, 0.6) is 0 Å². The first-order valence-corrected chi connectivity index (χ1v) is 7.10. The molecule has 7 heteroatoms. The van der Waals surface area contributed by atoms with Gasteiger partial charge in [0.1, 0.15) is 0 Å². The molecule has 2 N–H and O–H groups in total. The van der Waals surface area contributed by atoms with Gasteiger partial charge in [0.05, 0.1) is 18.4 Å². The maximum Gasteiger partial charge on any atom is 0.340 e. The molecule has 0 aliphatic rings. The molecule has 0 spiro atoms. The SMILES string of the molecule is CNCCC(=O)Nc1c(Br)cc(Br)cc1C(=O)OC. The highest BCUT2D eigenvalue weighted by Gasteiger charge is 2.17. The third kappa shape index (κ3) is 4.59. The largest absolute Gasteiger partial charge is 0.465 e. The number of amides is 1. The molecule has 0 saturated carbocycles. The maximum absolute atomic E-state index is 11.7. The van der Waals surface area contributed by atoms with E-state index in [4.69, 9.17) is 4.74 Å². The summed E-state index contributed by atoms with van der Waals surface area (Å²) in [7, 11) is 3.06. The lowest BCUT2D eigenvalue weighted by molar-refractivity contribution is -0.116. The average molecular weight is 394 g/mol. The summed E-state index contributed by atoms with van der Waals surface area (Å²) in [6.45, 7) is 0.563. The van der Waals surface area contributed by atoms with Crippen molar-refractivity contribution in [1.82, 2.24) is 5.32 Å². The molecular formula is C12H14Br2N2O3. The van der Waals surface area contributed by atoms with Crippen LogP contribution in [0.2, 0.25) is 0 Å². The van der Waals surface area contributed by atoms with Crippen LogP contribution in [0.1, 0.15) is 16.8 Å². The van der Waals surface area contributed by atoms with E-state index in [-0.39, 0.29) is 5.91 Å². The Labute approximate surface area is 128 Å². The van der Waals surface area contributed by atoms with Gasteiger partial charge in [-0.05, 0) is 35.1 Å². The fourth-order valence-electron chi connectivity index (χ4n) is 1.41. The highest BCUT2D eigenvalue weighted by Crippen LogP contribution is 2.31. The van der Waals surface area contributed by atoms with E-state index >= 15 is 0 Å². The maximum atomic E-state index is 11.7. The van der Waals surface area contributed by atoms with Gasteiger partial charge in [0, 0.05) is 21.9 Å². The molecule has 5 nitrogen and oxygen atoms in total. The van der Waals surface area contributed by atoms with Crippen LogP contribution in [0, 0.1) is 0 Å². The predicted octanol–water partition coefficient (Wildman–Crippen LogP) is 2.55. The van der Waals surface area contributed by atoms with Crippen molar-refractivity contribution in [3.8, 4) is 0 Å². The van der Waals surface area contributed by atoms with Gasteiger partial charge in [-0.3, -0.25) is 4.79 Å². The summed E-state index contributed by atoms with van der Waals surface area (Å²) in [5, 5.41) is 5.59. The molecule has 0 radical (unpaired) electrons. The number of nitrogens with one attached hydrogen (secondary N) is 2. The van der Waals surface area contributed by atoms with Gasteiger partial charge in [0.15, 0.2) is 0 Å². The number of halogens is 2. The van der Waals surface area contributed by atoms with Crippen molar-refractivity contribution in [2.24, 2.45) is 0 Å². The molecule has 0 fully saturated rings. The van der Waals surface area contributed by atoms with E-state index in [0.717, 1.165) is 0 Å². The Bertz CT molecular complexity index is 492. The summed E-state index contributed by atoms with van der Waals surface area (Å²) in [6.07, 6.45) is 0.319. The summed E-state index contributed by atoms with van der Waals surface area (Å²) < 4.78 is 6.03. The number of anilines is 1. The molecule has 0 heterocycles. The fourth-order valence-corrected chi connectivity index (χ4v) is 2.74. The second-order valence-electron chi connectivity index (χ2n) is 3.70. The first-order chi connectivity index (χ1) is 8.99. The molecule has 0 atom stereocenters. The summed E-state index contributed by atoms with van der Waals surface area (Å²) in [5.41, 5.74) is 0.706. The van der Waals surface area contributed by atoms with Crippen LogP contribution in [0.15, 0.2) is 21.1 Å². The monoisotopic (exact) mass is 392 g/mol. The van der Waals surface area contributed by atoms with Gasteiger partial charge in [-0.15, -0.1) is 0 Å². The zero-order valence-corrected chi connectivity index (χ0v) is 13.7. The third-order valence-corrected chi connectivity index (χ3v) is 3.41. The molecule has 19 heavy (non-hydrogen) atoms. The van der Waals surface area contributed by atoms with Gasteiger partial charge in [-0.1, -0.05) is 15.9 Å². The summed E-state index contributed by atoms with van der Waals surface area (Å²) >= 11 is 6.62. The van der Waals surface area contributed by atoms with Crippen molar-refractivity contribution >= 4 is 49.4 Å². The molecule has 1 aromatic carbocycles. The van der Waals surface area contributed by atoms with Crippen molar-refractivity contribution in [2.75, 3.05) is 26.0 Å². The van der Waals surface area contributed by atoms with Crippen molar-refractivity contribution in [1.29, 1.82) is 0 Å². The molecule has 0 aromatic heterocycles. The lowest BCUT2D eigenvalue weighted by atomic mass is 10.1. The molecule has 0 unspecified atom stereocenters. The van der Waals surface area contributed by atoms with E-state index < -0.39 is 5.97 Å². The average Bonchev–Trinajstić information content (AvgIpc) is 2.38. The summed E-state index contributed by atoms with van der Waals surface area (Å²) in [6, 6.07) is 3.35. The molecule has 104 valence electrons. The zero-order valence-electron chi connectivity index (χ0n) is 10.5. The minimum atomic E-state index is -0.508. The Morgan fingerprint density at radius 2 is 2.00 bits per heavy atom. The molecule has 0 aliphatic carbocycles. The van der Waals surface area contributed by atoms with Crippen molar-refractivity contribution in [3.05, 3.63) is 26.6 Å². The first kappa shape index (κ1) is 16.1. The number of rotatable bonds is 5. The van der Waals surface area contributed by atoms with Crippen LogP contribution in [0.25, 0.3) is 0 Å². The predicted molar refractivity (Wildman–Crippen MR) is 80.4 cm³/mol. The number of benzene rings is 1. The number of ether oxygens (including phenoxy) is 1. The quantitative estimate of drug-likeness (QED) is 0.754. The third-order valence-electron chi connectivity index (χ3n) is 2.33. The normalized spacial score (nSPS) is 10.1. The van der Waals surface area contributed by atoms with Gasteiger partial charge in [-0.25, -0.2) is 4.79 Å². The van der Waals surface area contributed by atoms with Crippen LogP contribution >= 0.6 is 31.9 Å². The Morgan fingerprint density at radius 3 is 2.58 bits per heavy atom. The van der Waals surface area contributed by atoms with E-state index in [1.165, 1.54) is 7.11 Å². The second-order valence-corrected chi connectivity index (χ2v) is 5.47. The van der Waals surface area contributed by atoms with Gasteiger partial charge < -0.3 is 15.4 Å². The first-order valence-electron chi connectivity index (χ1n) is 5.51. The lowest BCUT2D eigenvalue weighted by Gasteiger charge is -2.12. The van der Waals surface area contributed by atoms with Crippen LogP contribution < -0.4 is 10.6 Å².